The van der Waals surface area contributed by atoms with Gasteiger partial charge >= 0.3 is 0 Å². The van der Waals surface area contributed by atoms with E-state index in [1.54, 1.807) is 0 Å². The molecule has 0 radical (unpaired) electrons. The summed E-state index contributed by atoms with van der Waals surface area (Å²) in [6.45, 7) is 0. The Hall–Kier alpha value is -1.23. The largest absolute Gasteiger partial charge is 0.399 e. The summed E-state index contributed by atoms with van der Waals surface area (Å²) in [6.07, 6.45) is 0. The number of thiophene rings is 1. The van der Waals surface area contributed by atoms with E-state index in [9.17, 15) is 0 Å². The highest BCUT2D eigenvalue weighted by Gasteiger charge is 2.15. The van der Waals surface area contributed by atoms with Crippen molar-refractivity contribution in [3.05, 3.63) is 32.9 Å². The molecular weight excluding hydrogens is 289 g/mol. The van der Waals surface area contributed by atoms with Crippen LogP contribution in [0.5, 0.6) is 0 Å². The van der Waals surface area contributed by atoms with E-state index in [1.165, 1.54) is 11.3 Å². The van der Waals surface area contributed by atoms with Crippen molar-refractivity contribution < 1.29 is 0 Å². The molecule has 2 aromatic heterocycles. The fourth-order valence-corrected chi connectivity index (χ4v) is 3.40. The first-order valence-corrected chi connectivity index (χ1v) is 6.80. The number of anilines is 1. The van der Waals surface area contributed by atoms with Crippen molar-refractivity contribution in [2.45, 2.75) is 0 Å². The van der Waals surface area contributed by atoms with Gasteiger partial charge in [0, 0.05) is 18.3 Å². The van der Waals surface area contributed by atoms with E-state index in [1.807, 2.05) is 35.9 Å². The third kappa shape index (κ3) is 1.77. The molecule has 0 aliphatic carbocycles. The third-order valence-electron chi connectivity index (χ3n) is 2.80. The summed E-state index contributed by atoms with van der Waals surface area (Å²) in [5.41, 5.74) is 9.22. The van der Waals surface area contributed by atoms with E-state index in [4.69, 9.17) is 28.9 Å². The Bertz CT molecular complexity index is 745. The highest BCUT2D eigenvalue weighted by Crippen LogP contribution is 2.38. The monoisotopic (exact) mass is 297 g/mol. The van der Waals surface area contributed by atoms with Crippen LogP contribution in [0.4, 0.5) is 5.69 Å². The minimum atomic E-state index is 0.645. The molecule has 0 atom stereocenters. The van der Waals surface area contributed by atoms with E-state index >= 15 is 0 Å². The number of hydrogen-bond acceptors (Lipinski definition) is 3. The van der Waals surface area contributed by atoms with Gasteiger partial charge in [0.2, 0.25) is 0 Å². The maximum Gasteiger partial charge on any atom is 0.143 e. The van der Waals surface area contributed by atoms with Crippen molar-refractivity contribution in [2.24, 2.45) is 7.05 Å². The van der Waals surface area contributed by atoms with Crippen LogP contribution in [0, 0.1) is 0 Å². The fourth-order valence-electron chi connectivity index (χ4n) is 1.94. The Balaban J connectivity index is 2.30. The van der Waals surface area contributed by atoms with Gasteiger partial charge in [-0.25, -0.2) is 4.98 Å². The quantitative estimate of drug-likeness (QED) is 0.684. The number of hydrogen-bond donors (Lipinski definition) is 1. The van der Waals surface area contributed by atoms with Crippen LogP contribution in [-0.4, -0.2) is 9.55 Å². The summed E-state index contributed by atoms with van der Waals surface area (Å²) < 4.78 is 3.27. The summed E-state index contributed by atoms with van der Waals surface area (Å²) in [7, 11) is 1.94. The SMILES string of the molecule is Cn1c(-c2cc(Cl)sc2Cl)nc2ccc(N)cc21. The molecule has 3 aromatic rings. The fraction of sp³-hybridized carbons (Fsp3) is 0.0833. The number of nitrogen functional groups attached to an aromatic ring is 1. The van der Waals surface area contributed by atoms with Crippen LogP contribution in [0.15, 0.2) is 24.3 Å². The molecule has 3 rings (SSSR count). The molecule has 0 spiro atoms. The zero-order valence-corrected chi connectivity index (χ0v) is 11.8. The Morgan fingerprint density at radius 1 is 1.28 bits per heavy atom. The van der Waals surface area contributed by atoms with Gasteiger partial charge in [-0.2, -0.15) is 0 Å². The molecule has 0 saturated carbocycles. The molecule has 1 aromatic carbocycles. The standard InChI is InChI=1S/C12H9Cl2N3S/c1-17-9-4-6(15)2-3-8(9)16-12(17)7-5-10(13)18-11(7)14/h2-5H,15H2,1H3. The minimum Gasteiger partial charge on any atom is -0.399 e. The number of halogens is 2. The van der Waals surface area contributed by atoms with E-state index in [-0.39, 0.29) is 0 Å². The number of imidazole rings is 1. The molecule has 2 heterocycles. The summed E-state index contributed by atoms with van der Waals surface area (Å²) in [5, 5.41) is 0. The molecule has 6 heteroatoms. The molecule has 92 valence electrons. The van der Waals surface area contributed by atoms with Crippen LogP contribution in [0.25, 0.3) is 22.4 Å². The average molecular weight is 298 g/mol. The number of nitrogens with two attached hydrogens (primary N) is 1. The smallest absolute Gasteiger partial charge is 0.143 e. The second-order valence-electron chi connectivity index (χ2n) is 3.98. The molecule has 0 bridgehead atoms. The van der Waals surface area contributed by atoms with Crippen LogP contribution < -0.4 is 5.73 Å². The number of benzene rings is 1. The lowest BCUT2D eigenvalue weighted by atomic mass is 10.3. The molecule has 2 N–H and O–H groups in total. The molecule has 3 nitrogen and oxygen atoms in total. The first-order valence-electron chi connectivity index (χ1n) is 5.23. The Morgan fingerprint density at radius 2 is 2.06 bits per heavy atom. The van der Waals surface area contributed by atoms with E-state index in [0.29, 0.717) is 14.4 Å². The molecule has 18 heavy (non-hydrogen) atoms. The van der Waals surface area contributed by atoms with Crippen LogP contribution in [0.1, 0.15) is 0 Å². The predicted molar refractivity (Wildman–Crippen MR) is 78.5 cm³/mol. The lowest BCUT2D eigenvalue weighted by molar-refractivity contribution is 0.960. The maximum atomic E-state index is 6.17. The van der Waals surface area contributed by atoms with Crippen LogP contribution in [-0.2, 0) is 7.05 Å². The number of fused-ring (bicyclic) bond motifs is 1. The second-order valence-corrected chi connectivity index (χ2v) is 6.27. The Morgan fingerprint density at radius 3 is 2.72 bits per heavy atom. The third-order valence-corrected chi connectivity index (χ3v) is 4.29. The molecule has 0 aliphatic rings. The van der Waals surface area contributed by atoms with Crippen LogP contribution >= 0.6 is 34.5 Å². The van der Waals surface area contributed by atoms with Gasteiger partial charge in [0.15, 0.2) is 0 Å². The van der Waals surface area contributed by atoms with Gasteiger partial charge in [0.1, 0.15) is 10.2 Å². The molecular formula is C12H9Cl2N3S. The van der Waals surface area contributed by atoms with Gasteiger partial charge < -0.3 is 10.3 Å². The summed E-state index contributed by atoms with van der Waals surface area (Å²) in [4.78, 5) is 4.57. The second kappa shape index (κ2) is 4.16. The molecule has 0 unspecified atom stereocenters. The zero-order chi connectivity index (χ0) is 12.9. The van der Waals surface area contributed by atoms with Crippen LogP contribution in [0.3, 0.4) is 0 Å². The number of aromatic nitrogens is 2. The zero-order valence-electron chi connectivity index (χ0n) is 9.45. The van der Waals surface area contributed by atoms with Crippen molar-refractivity contribution in [1.82, 2.24) is 9.55 Å². The number of nitrogens with zero attached hydrogens (tertiary/aromatic N) is 2. The van der Waals surface area contributed by atoms with Gasteiger partial charge in [0.05, 0.1) is 15.4 Å². The van der Waals surface area contributed by atoms with Crippen molar-refractivity contribution in [3.8, 4) is 11.4 Å². The van der Waals surface area contributed by atoms with Crippen molar-refractivity contribution >= 4 is 51.3 Å². The molecule has 0 saturated heterocycles. The predicted octanol–water partition coefficient (Wildman–Crippen LogP) is 4.19. The Labute approximate surface area is 118 Å². The Kier molecular flexibility index (Phi) is 2.73. The first kappa shape index (κ1) is 11.8. The lowest BCUT2D eigenvalue weighted by Crippen LogP contribution is -1.92. The van der Waals surface area contributed by atoms with Gasteiger partial charge in [-0.05, 0) is 24.3 Å². The van der Waals surface area contributed by atoms with E-state index in [0.717, 1.165) is 22.4 Å². The molecule has 0 fully saturated rings. The van der Waals surface area contributed by atoms with Gasteiger partial charge in [0.25, 0.3) is 0 Å². The topological polar surface area (TPSA) is 43.8 Å². The van der Waals surface area contributed by atoms with Gasteiger partial charge in [-0.3, -0.25) is 0 Å². The van der Waals surface area contributed by atoms with E-state index in [2.05, 4.69) is 4.98 Å². The minimum absolute atomic E-state index is 0.645. The highest BCUT2D eigenvalue weighted by molar-refractivity contribution is 7.20. The number of aryl methyl sites for hydroxylation is 1. The normalized spacial score (nSPS) is 11.3. The summed E-state index contributed by atoms with van der Waals surface area (Å²) in [6, 6.07) is 7.46. The molecule has 0 aliphatic heterocycles. The lowest BCUT2D eigenvalue weighted by Gasteiger charge is -2.00. The average Bonchev–Trinajstić information content (AvgIpc) is 2.80. The number of rotatable bonds is 1. The van der Waals surface area contributed by atoms with Gasteiger partial charge in [-0.1, -0.05) is 23.2 Å². The highest BCUT2D eigenvalue weighted by atomic mass is 35.5. The summed E-state index contributed by atoms with van der Waals surface area (Å²) in [5.74, 6) is 0.795. The van der Waals surface area contributed by atoms with Gasteiger partial charge in [-0.15, -0.1) is 11.3 Å². The first-order chi connectivity index (χ1) is 8.56. The van der Waals surface area contributed by atoms with Crippen molar-refractivity contribution in [1.29, 1.82) is 0 Å². The maximum absolute atomic E-state index is 6.17. The van der Waals surface area contributed by atoms with Crippen LogP contribution in [0.2, 0.25) is 8.67 Å². The van der Waals surface area contributed by atoms with Crippen molar-refractivity contribution in [2.75, 3.05) is 5.73 Å². The molecule has 0 amide bonds. The van der Waals surface area contributed by atoms with E-state index < -0.39 is 0 Å². The van der Waals surface area contributed by atoms with Crippen molar-refractivity contribution in [3.63, 3.8) is 0 Å². The summed E-state index contributed by atoms with van der Waals surface area (Å²) >= 11 is 13.5.